The lowest BCUT2D eigenvalue weighted by Gasteiger charge is -2.33. The van der Waals surface area contributed by atoms with Gasteiger partial charge in [0.2, 0.25) is 0 Å². The van der Waals surface area contributed by atoms with Gasteiger partial charge in [0, 0.05) is 0 Å². The molecule has 15 heavy (non-hydrogen) atoms. The molecule has 0 bridgehead atoms. The third-order valence-corrected chi connectivity index (χ3v) is 5.56. The quantitative estimate of drug-likeness (QED) is 0.718. The van der Waals surface area contributed by atoms with Crippen LogP contribution in [0.3, 0.4) is 0 Å². The van der Waals surface area contributed by atoms with E-state index in [2.05, 4.69) is 0 Å². The van der Waals surface area contributed by atoms with Gasteiger partial charge in [0.1, 0.15) is 9.49 Å². The fourth-order valence-corrected chi connectivity index (χ4v) is 2.74. The Bertz CT molecular complexity index is 294. The second-order valence-corrected chi connectivity index (χ2v) is 7.42. The van der Waals surface area contributed by atoms with Crippen molar-refractivity contribution in [1.82, 2.24) is 0 Å². The van der Waals surface area contributed by atoms with E-state index in [0.717, 1.165) is 27.7 Å². The lowest BCUT2D eigenvalue weighted by atomic mass is 10.2. The summed E-state index contributed by atoms with van der Waals surface area (Å²) >= 11 is 0. The Morgan fingerprint density at radius 3 is 1.13 bits per heavy atom. The van der Waals surface area contributed by atoms with Gasteiger partial charge in [-0.25, -0.2) is 26.0 Å². The zero-order chi connectivity index (χ0) is 12.7. The van der Waals surface area contributed by atoms with Gasteiger partial charge in [-0.05, 0) is 27.7 Å². The number of sulfone groups is 1. The van der Waals surface area contributed by atoms with Crippen LogP contribution in [0.15, 0.2) is 0 Å². The van der Waals surface area contributed by atoms with E-state index in [1.54, 1.807) is 0 Å². The summed E-state index contributed by atoms with van der Waals surface area (Å²) in [4.78, 5) is 0. The van der Waals surface area contributed by atoms with Crippen molar-refractivity contribution in [3.63, 3.8) is 0 Å². The molecule has 0 atom stereocenters. The summed E-state index contributed by atoms with van der Waals surface area (Å²) in [6.07, 6.45) is -6.42. The van der Waals surface area contributed by atoms with Gasteiger partial charge >= 0.3 is 0 Å². The third-order valence-electron chi connectivity index (χ3n) is 2.44. The molecule has 0 aromatic carbocycles. The highest BCUT2D eigenvalue weighted by Crippen LogP contribution is 2.37. The van der Waals surface area contributed by atoms with Crippen LogP contribution >= 0.6 is 0 Å². The fourth-order valence-electron chi connectivity index (χ4n) is 0.913. The summed E-state index contributed by atoms with van der Waals surface area (Å²) in [5.41, 5.74) is 0. The van der Waals surface area contributed by atoms with Crippen LogP contribution in [0.1, 0.15) is 27.7 Å². The summed E-state index contributed by atoms with van der Waals surface area (Å²) in [5, 5.41) is 0. The molecule has 0 aliphatic rings. The Morgan fingerprint density at radius 2 is 1.00 bits per heavy atom. The van der Waals surface area contributed by atoms with Crippen LogP contribution in [0, 0.1) is 0 Å². The van der Waals surface area contributed by atoms with E-state index in [4.69, 9.17) is 0 Å². The van der Waals surface area contributed by atoms with Crippen LogP contribution in [0.25, 0.3) is 0 Å². The number of hydrogen-bond acceptors (Lipinski definition) is 2. The predicted octanol–water partition coefficient (Wildman–Crippen LogP) is 2.49. The van der Waals surface area contributed by atoms with Crippen LogP contribution in [0.2, 0.25) is 0 Å². The Hall–Kier alpha value is -0.330. The number of rotatable bonds is 4. The normalized spacial score (nSPS) is 15.1. The summed E-state index contributed by atoms with van der Waals surface area (Å²) in [7, 11) is -4.64. The van der Waals surface area contributed by atoms with E-state index in [-0.39, 0.29) is 0 Å². The molecule has 0 heterocycles. The van der Waals surface area contributed by atoms with E-state index in [1.807, 2.05) is 0 Å². The minimum absolute atomic E-state index is 0.747. The molecule has 0 radical (unpaired) electrons. The van der Waals surface area contributed by atoms with Crippen molar-refractivity contribution in [2.45, 2.75) is 50.0 Å². The van der Waals surface area contributed by atoms with Crippen molar-refractivity contribution in [3.8, 4) is 0 Å². The molecule has 0 rings (SSSR count). The van der Waals surface area contributed by atoms with Gasteiger partial charge in [-0.3, -0.25) is 0 Å². The summed E-state index contributed by atoms with van der Waals surface area (Å²) in [5.74, 6) is 0. The molecule has 2 nitrogen and oxygen atoms in total. The Balaban J connectivity index is 5.54. The monoisotopic (exact) mass is 250 g/mol. The van der Waals surface area contributed by atoms with Crippen LogP contribution < -0.4 is 0 Å². The van der Waals surface area contributed by atoms with Gasteiger partial charge in [0.15, 0.2) is 9.84 Å². The van der Waals surface area contributed by atoms with E-state index in [9.17, 15) is 26.0 Å². The van der Waals surface area contributed by atoms with Crippen LogP contribution in [-0.4, -0.2) is 30.8 Å². The predicted molar refractivity (Wildman–Crippen MR) is 49.1 cm³/mol. The average molecular weight is 250 g/mol. The second kappa shape index (κ2) is 3.92. The molecule has 0 saturated carbocycles. The first-order valence-electron chi connectivity index (χ1n) is 4.19. The topological polar surface area (TPSA) is 34.1 Å². The summed E-state index contributed by atoms with van der Waals surface area (Å²) in [6, 6.07) is 0. The van der Waals surface area contributed by atoms with Gasteiger partial charge in [0.25, 0.3) is 12.9 Å². The smallest absolute Gasteiger partial charge is 0.227 e. The first-order chi connectivity index (χ1) is 6.39. The number of alkyl halides is 4. The molecule has 0 spiro atoms. The highest BCUT2D eigenvalue weighted by molar-refractivity contribution is 7.94. The molecule has 0 fully saturated rings. The van der Waals surface area contributed by atoms with Gasteiger partial charge in [-0.15, -0.1) is 0 Å². The first-order valence-corrected chi connectivity index (χ1v) is 5.67. The third kappa shape index (κ3) is 2.11. The zero-order valence-electron chi connectivity index (χ0n) is 8.89. The lowest BCUT2D eigenvalue weighted by Crippen LogP contribution is -2.53. The maximum absolute atomic E-state index is 12.5. The second-order valence-electron chi connectivity index (χ2n) is 4.31. The minimum atomic E-state index is -4.64. The lowest BCUT2D eigenvalue weighted by molar-refractivity contribution is 0.0903. The maximum Gasteiger partial charge on any atom is 0.257 e. The highest BCUT2D eigenvalue weighted by atomic mass is 32.2. The van der Waals surface area contributed by atoms with Crippen LogP contribution in [0.4, 0.5) is 17.6 Å². The van der Waals surface area contributed by atoms with Crippen molar-refractivity contribution in [2.24, 2.45) is 0 Å². The molecule has 0 aliphatic carbocycles. The standard InChI is InChI=1S/C8H14F4O2S/c1-7(2,5(9)10)15(13,14)8(3,4)6(11)12/h5-6H,1-4H3. The van der Waals surface area contributed by atoms with Crippen LogP contribution in [-0.2, 0) is 9.84 Å². The number of hydrogen-bond donors (Lipinski definition) is 0. The van der Waals surface area contributed by atoms with E-state index in [1.165, 1.54) is 0 Å². The van der Waals surface area contributed by atoms with Crippen molar-refractivity contribution in [3.05, 3.63) is 0 Å². The van der Waals surface area contributed by atoms with Crippen molar-refractivity contribution in [2.75, 3.05) is 0 Å². The minimum Gasteiger partial charge on any atom is -0.227 e. The van der Waals surface area contributed by atoms with Crippen molar-refractivity contribution < 1.29 is 26.0 Å². The molecule has 0 aromatic rings. The Kier molecular flexibility index (Phi) is 3.83. The molecule has 0 N–H and O–H groups in total. The van der Waals surface area contributed by atoms with Crippen molar-refractivity contribution in [1.29, 1.82) is 0 Å². The molecule has 0 aromatic heterocycles. The number of halogens is 4. The molecule has 0 unspecified atom stereocenters. The van der Waals surface area contributed by atoms with E-state index >= 15 is 0 Å². The Labute approximate surface area is 86.6 Å². The van der Waals surface area contributed by atoms with Gasteiger partial charge in [0.05, 0.1) is 0 Å². The summed E-state index contributed by atoms with van der Waals surface area (Å²) in [6.45, 7) is 2.99. The van der Waals surface area contributed by atoms with Crippen LogP contribution in [0.5, 0.6) is 0 Å². The highest BCUT2D eigenvalue weighted by Gasteiger charge is 2.55. The largest absolute Gasteiger partial charge is 0.257 e. The summed E-state index contributed by atoms with van der Waals surface area (Å²) < 4.78 is 68.1. The van der Waals surface area contributed by atoms with Crippen molar-refractivity contribution >= 4 is 9.84 Å². The van der Waals surface area contributed by atoms with Gasteiger partial charge in [-0.2, -0.15) is 0 Å². The van der Waals surface area contributed by atoms with E-state index < -0.39 is 32.2 Å². The fraction of sp³-hybridized carbons (Fsp3) is 1.00. The molecule has 0 amide bonds. The average Bonchev–Trinajstić information content (AvgIpc) is 2.02. The maximum atomic E-state index is 12.5. The first kappa shape index (κ1) is 14.7. The molecule has 92 valence electrons. The SMILES string of the molecule is CC(C)(C(F)F)S(=O)(=O)C(C)(C)C(F)F. The zero-order valence-corrected chi connectivity index (χ0v) is 9.71. The molecular formula is C8H14F4O2S. The Morgan fingerprint density at radius 1 is 0.800 bits per heavy atom. The van der Waals surface area contributed by atoms with E-state index in [0.29, 0.717) is 0 Å². The molecule has 0 saturated heterocycles. The van der Waals surface area contributed by atoms with Gasteiger partial charge in [-0.1, -0.05) is 0 Å². The van der Waals surface area contributed by atoms with Gasteiger partial charge < -0.3 is 0 Å². The molecular weight excluding hydrogens is 236 g/mol. The molecule has 7 heteroatoms. The molecule has 0 aliphatic heterocycles.